The van der Waals surface area contributed by atoms with E-state index in [9.17, 15) is 14.7 Å². The first kappa shape index (κ1) is 27.2. The van der Waals surface area contributed by atoms with Gasteiger partial charge in [-0.2, -0.15) is 5.26 Å². The third-order valence-electron chi connectivity index (χ3n) is 6.57. The van der Waals surface area contributed by atoms with Gasteiger partial charge in [-0.3, -0.25) is 9.59 Å². The number of likely N-dealkylation sites (tertiary alicyclic amines) is 1. The average Bonchev–Trinajstić information content (AvgIpc) is 2.88. The molecule has 3 heterocycles. The van der Waals surface area contributed by atoms with E-state index in [1.807, 2.05) is 19.9 Å². The van der Waals surface area contributed by atoms with Gasteiger partial charge in [0.1, 0.15) is 23.9 Å². The number of nitrogens with two attached hydrogens (primary N) is 1. The molecule has 1 aromatic heterocycles. The van der Waals surface area contributed by atoms with E-state index < -0.39 is 11.5 Å². The maximum absolute atomic E-state index is 12.3. The van der Waals surface area contributed by atoms with Crippen molar-refractivity contribution in [3.8, 4) is 29.5 Å². The van der Waals surface area contributed by atoms with E-state index in [0.717, 1.165) is 6.42 Å². The quantitative estimate of drug-likeness (QED) is 0.551. The van der Waals surface area contributed by atoms with Crippen molar-refractivity contribution in [2.45, 2.75) is 63.8 Å². The number of piperidine rings is 1. The highest BCUT2D eigenvalue weighted by molar-refractivity contribution is 6.03. The molecule has 2 amide bonds. The second-order valence-corrected chi connectivity index (χ2v) is 9.85. The van der Waals surface area contributed by atoms with Crippen LogP contribution in [0.5, 0.6) is 11.6 Å². The van der Waals surface area contributed by atoms with Crippen LogP contribution in [0, 0.1) is 23.2 Å². The van der Waals surface area contributed by atoms with Crippen LogP contribution in [-0.2, 0) is 9.53 Å². The molecule has 2 aliphatic rings. The average molecular weight is 521 g/mol. The van der Waals surface area contributed by atoms with E-state index >= 15 is 0 Å². The third-order valence-corrected chi connectivity index (χ3v) is 6.57. The van der Waals surface area contributed by atoms with Gasteiger partial charge in [-0.05, 0) is 38.8 Å². The number of nitrogens with zero attached hydrogens (tertiary/aromatic N) is 3. The van der Waals surface area contributed by atoms with Crippen molar-refractivity contribution >= 4 is 22.6 Å². The van der Waals surface area contributed by atoms with Crippen molar-refractivity contribution in [2.75, 3.05) is 26.3 Å². The van der Waals surface area contributed by atoms with Gasteiger partial charge in [0, 0.05) is 36.4 Å². The molecule has 2 aromatic rings. The first-order valence-electron chi connectivity index (χ1n) is 12.8. The van der Waals surface area contributed by atoms with Crippen molar-refractivity contribution in [3.63, 3.8) is 0 Å². The van der Waals surface area contributed by atoms with E-state index in [1.54, 1.807) is 23.2 Å². The summed E-state index contributed by atoms with van der Waals surface area (Å²) in [5.41, 5.74) is 5.21. The molecule has 0 spiro atoms. The van der Waals surface area contributed by atoms with E-state index in [2.05, 4.69) is 16.8 Å². The molecule has 38 heavy (non-hydrogen) atoms. The Balaban J connectivity index is 1.76. The number of primary amides is 1. The fourth-order valence-electron chi connectivity index (χ4n) is 4.60. The maximum Gasteiger partial charge on any atom is 0.252 e. The Morgan fingerprint density at radius 2 is 2.08 bits per heavy atom. The monoisotopic (exact) mass is 520 g/mol. The Bertz CT molecular complexity index is 1320. The molecule has 1 atom stereocenters. The fourth-order valence-corrected chi connectivity index (χ4v) is 4.60. The maximum atomic E-state index is 12.3. The van der Waals surface area contributed by atoms with Gasteiger partial charge in [0.15, 0.2) is 0 Å². The predicted molar refractivity (Wildman–Crippen MR) is 138 cm³/mol. The molecule has 3 N–H and O–H groups in total. The summed E-state index contributed by atoms with van der Waals surface area (Å²) < 4.78 is 17.5. The highest BCUT2D eigenvalue weighted by atomic mass is 16.5. The van der Waals surface area contributed by atoms with Crippen LogP contribution in [0.1, 0.15) is 61.9 Å². The van der Waals surface area contributed by atoms with Gasteiger partial charge in [-0.25, -0.2) is 4.98 Å². The summed E-state index contributed by atoms with van der Waals surface area (Å²) in [5.74, 6) is 5.73. The number of rotatable bonds is 6. The van der Waals surface area contributed by atoms with Crippen molar-refractivity contribution in [1.82, 2.24) is 9.88 Å². The minimum absolute atomic E-state index is 0.175. The number of ether oxygens (including phenoxy) is 3. The highest BCUT2D eigenvalue weighted by Crippen LogP contribution is 2.34. The molecular formula is C28H32N4O6. The van der Waals surface area contributed by atoms with Crippen molar-refractivity contribution in [1.29, 1.82) is 5.26 Å². The molecule has 10 nitrogen and oxygen atoms in total. The molecule has 0 saturated carbocycles. The number of carbonyl (C=O) groups is 2. The van der Waals surface area contributed by atoms with Gasteiger partial charge in [0.05, 0.1) is 43.1 Å². The number of hydrogen-bond acceptors (Lipinski definition) is 8. The summed E-state index contributed by atoms with van der Waals surface area (Å²) in [4.78, 5) is 30.7. The van der Waals surface area contributed by atoms with Gasteiger partial charge in [-0.1, -0.05) is 11.8 Å². The molecule has 10 heteroatoms. The van der Waals surface area contributed by atoms with Crippen LogP contribution in [0.3, 0.4) is 0 Å². The summed E-state index contributed by atoms with van der Waals surface area (Å²) in [6, 6.07) is 5.19. The number of pyridine rings is 1. The lowest BCUT2D eigenvalue weighted by atomic mass is 9.94. The topological polar surface area (TPSA) is 148 Å². The summed E-state index contributed by atoms with van der Waals surface area (Å²) >= 11 is 0. The normalized spacial score (nSPS) is 18.8. The summed E-state index contributed by atoms with van der Waals surface area (Å²) in [7, 11) is 0. The molecule has 4 rings (SSSR count). The Morgan fingerprint density at radius 1 is 1.32 bits per heavy atom. The first-order chi connectivity index (χ1) is 18.2. The van der Waals surface area contributed by atoms with Crippen LogP contribution >= 0.6 is 0 Å². The highest BCUT2D eigenvalue weighted by Gasteiger charge is 2.28. The zero-order valence-electron chi connectivity index (χ0n) is 21.7. The van der Waals surface area contributed by atoms with Gasteiger partial charge in [-0.15, -0.1) is 0 Å². The molecule has 2 aliphatic heterocycles. The van der Waals surface area contributed by atoms with Gasteiger partial charge >= 0.3 is 0 Å². The fraction of sp³-hybridized carbons (Fsp3) is 0.500. The zero-order chi connectivity index (χ0) is 27.3. The Kier molecular flexibility index (Phi) is 8.35. The van der Waals surface area contributed by atoms with Gasteiger partial charge in [0.25, 0.3) is 5.91 Å². The number of aliphatic hydroxyl groups is 1. The standard InChI is InChI=1S/C28H32N4O6/c1-18(2)37-24-15-22-21(14-23(24)26(30)34)19(5-7-28(35)8-12-36-13-9-28)16-31-27(22)38-20-4-3-11-32(17-20)25(33)6-10-29/h14-16,18,20,35H,3-4,6,8-9,11-13,17H2,1-2H3,(H2,30,34). The third kappa shape index (κ3) is 6.34. The molecule has 0 aliphatic carbocycles. The Morgan fingerprint density at radius 3 is 2.76 bits per heavy atom. The number of benzene rings is 1. The zero-order valence-corrected chi connectivity index (χ0v) is 21.7. The van der Waals surface area contributed by atoms with E-state index in [-0.39, 0.29) is 30.1 Å². The van der Waals surface area contributed by atoms with Crippen LogP contribution in [-0.4, -0.2) is 70.9 Å². The van der Waals surface area contributed by atoms with Crippen molar-refractivity contribution < 1.29 is 28.9 Å². The van der Waals surface area contributed by atoms with E-state index in [4.69, 9.17) is 25.2 Å². The Labute approximate surface area is 221 Å². The van der Waals surface area contributed by atoms with Crippen LogP contribution in [0.15, 0.2) is 18.3 Å². The number of aromatic nitrogens is 1. The molecule has 200 valence electrons. The van der Waals surface area contributed by atoms with E-state index in [1.165, 1.54) is 0 Å². The van der Waals surface area contributed by atoms with Crippen LogP contribution in [0.4, 0.5) is 0 Å². The van der Waals surface area contributed by atoms with Crippen LogP contribution < -0.4 is 15.2 Å². The minimum Gasteiger partial charge on any atom is -0.490 e. The SMILES string of the molecule is CC(C)Oc1cc2c(OC3CCCN(C(=O)CC#N)C3)ncc(C#CC3(O)CCOCC3)c2cc1C(N)=O. The summed E-state index contributed by atoms with van der Waals surface area (Å²) in [5, 5.41) is 20.9. The molecule has 1 aromatic carbocycles. The number of amides is 2. The smallest absolute Gasteiger partial charge is 0.252 e. The first-order valence-corrected chi connectivity index (χ1v) is 12.8. The van der Waals surface area contributed by atoms with E-state index in [0.29, 0.717) is 73.5 Å². The summed E-state index contributed by atoms with van der Waals surface area (Å²) in [6.45, 7) is 5.45. The number of nitriles is 1. The lowest BCUT2D eigenvalue weighted by Gasteiger charge is -2.32. The largest absolute Gasteiger partial charge is 0.490 e. The van der Waals surface area contributed by atoms with Gasteiger partial charge in [0.2, 0.25) is 11.8 Å². The second-order valence-electron chi connectivity index (χ2n) is 9.85. The molecule has 1 unspecified atom stereocenters. The molecule has 2 fully saturated rings. The Hall–Kier alpha value is -3.86. The number of carbonyl (C=O) groups excluding carboxylic acids is 2. The molecular weight excluding hydrogens is 488 g/mol. The van der Waals surface area contributed by atoms with Crippen molar-refractivity contribution in [2.24, 2.45) is 5.73 Å². The minimum atomic E-state index is -1.17. The summed E-state index contributed by atoms with van der Waals surface area (Å²) in [6.07, 6.45) is 3.07. The van der Waals surface area contributed by atoms with Crippen molar-refractivity contribution in [3.05, 3.63) is 29.5 Å². The van der Waals surface area contributed by atoms with Crippen LogP contribution in [0.25, 0.3) is 10.8 Å². The predicted octanol–water partition coefficient (Wildman–Crippen LogP) is 2.30. The van der Waals surface area contributed by atoms with Crippen LogP contribution in [0.2, 0.25) is 0 Å². The molecule has 2 saturated heterocycles. The molecule has 0 bridgehead atoms. The lowest BCUT2D eigenvalue weighted by Crippen LogP contribution is -2.44. The second kappa shape index (κ2) is 11.7. The van der Waals surface area contributed by atoms with Gasteiger partial charge < -0.3 is 30.0 Å². The molecule has 0 radical (unpaired) electrons. The lowest BCUT2D eigenvalue weighted by molar-refractivity contribution is -0.132. The number of hydrogen-bond donors (Lipinski definition) is 2. The number of fused-ring (bicyclic) bond motifs is 1.